The first-order valence-electron chi connectivity index (χ1n) is 6.32. The van der Waals surface area contributed by atoms with Crippen LogP contribution in [0.25, 0.3) is 10.2 Å². The monoisotopic (exact) mass is 300 g/mol. The van der Waals surface area contributed by atoms with Gasteiger partial charge in [-0.1, -0.05) is 6.07 Å². The fourth-order valence-electron chi connectivity index (χ4n) is 2.13. The number of hydrogen-bond acceptors (Lipinski definition) is 6. The fourth-order valence-corrected chi connectivity index (χ4v) is 2.81. The Balaban J connectivity index is 1.95. The van der Waals surface area contributed by atoms with Gasteiger partial charge in [0.2, 0.25) is 0 Å². The normalized spacial score (nSPS) is 10.7. The molecule has 0 fully saturated rings. The number of nitrogens with one attached hydrogen (secondary N) is 1. The van der Waals surface area contributed by atoms with E-state index in [-0.39, 0.29) is 5.69 Å². The molecular weight excluding hydrogens is 288 g/mol. The van der Waals surface area contributed by atoms with Gasteiger partial charge < -0.3 is 5.32 Å². The van der Waals surface area contributed by atoms with Crippen molar-refractivity contribution in [3.8, 4) is 0 Å². The fraction of sp³-hybridized carbons (Fsp3) is 0.143. The summed E-state index contributed by atoms with van der Waals surface area (Å²) in [5.74, 6) is 0. The maximum absolute atomic E-state index is 11.3. The van der Waals surface area contributed by atoms with Gasteiger partial charge in [-0.15, -0.1) is 11.3 Å². The van der Waals surface area contributed by atoms with Crippen molar-refractivity contribution in [2.45, 2.75) is 13.5 Å². The van der Waals surface area contributed by atoms with Crippen LogP contribution in [0.1, 0.15) is 11.3 Å². The first kappa shape index (κ1) is 13.4. The lowest BCUT2D eigenvalue weighted by Gasteiger charge is -2.08. The second kappa shape index (κ2) is 5.45. The number of rotatable bonds is 4. The standard InChI is InChI=1S/C14H12N4O2S/c1-9-3-2-6-15-11(9)7-16-10-4-5-12-13(17-8-21-12)14(10)18(19)20/h2-6,8,16H,7H2,1H3. The van der Waals surface area contributed by atoms with Crippen molar-refractivity contribution < 1.29 is 4.92 Å². The number of benzene rings is 1. The number of aryl methyl sites for hydroxylation is 1. The number of thiazole rings is 1. The molecule has 0 unspecified atom stereocenters. The Morgan fingerprint density at radius 3 is 2.95 bits per heavy atom. The van der Waals surface area contributed by atoms with Crippen LogP contribution in [0.4, 0.5) is 11.4 Å². The quantitative estimate of drug-likeness (QED) is 0.589. The summed E-state index contributed by atoms with van der Waals surface area (Å²) >= 11 is 1.39. The van der Waals surface area contributed by atoms with E-state index >= 15 is 0 Å². The molecule has 0 saturated carbocycles. The molecule has 3 aromatic rings. The summed E-state index contributed by atoms with van der Waals surface area (Å²) < 4.78 is 0.807. The topological polar surface area (TPSA) is 81.0 Å². The van der Waals surface area contributed by atoms with Crippen LogP contribution in [-0.4, -0.2) is 14.9 Å². The summed E-state index contributed by atoms with van der Waals surface area (Å²) in [6, 6.07) is 7.38. The van der Waals surface area contributed by atoms with Crippen LogP contribution in [0, 0.1) is 17.0 Å². The zero-order chi connectivity index (χ0) is 14.8. The van der Waals surface area contributed by atoms with Crippen molar-refractivity contribution in [3.05, 3.63) is 57.3 Å². The zero-order valence-electron chi connectivity index (χ0n) is 11.2. The summed E-state index contributed by atoms with van der Waals surface area (Å²) in [6.45, 7) is 2.39. The van der Waals surface area contributed by atoms with Gasteiger partial charge in [0.05, 0.1) is 27.4 Å². The van der Waals surface area contributed by atoms with Crippen LogP contribution < -0.4 is 5.32 Å². The first-order valence-corrected chi connectivity index (χ1v) is 7.19. The van der Waals surface area contributed by atoms with Gasteiger partial charge in [0.15, 0.2) is 5.52 Å². The van der Waals surface area contributed by atoms with Gasteiger partial charge in [-0.05, 0) is 30.7 Å². The molecule has 0 aliphatic heterocycles. The Morgan fingerprint density at radius 2 is 2.19 bits per heavy atom. The highest BCUT2D eigenvalue weighted by atomic mass is 32.1. The van der Waals surface area contributed by atoms with Crippen LogP contribution in [0.2, 0.25) is 0 Å². The van der Waals surface area contributed by atoms with E-state index in [2.05, 4.69) is 15.3 Å². The largest absolute Gasteiger partial charge is 0.374 e. The van der Waals surface area contributed by atoms with Gasteiger partial charge in [0.1, 0.15) is 5.69 Å². The molecule has 21 heavy (non-hydrogen) atoms. The average molecular weight is 300 g/mol. The van der Waals surface area contributed by atoms with Crippen molar-refractivity contribution in [1.29, 1.82) is 0 Å². The van der Waals surface area contributed by atoms with Crippen LogP contribution in [-0.2, 0) is 6.54 Å². The highest BCUT2D eigenvalue weighted by Crippen LogP contribution is 2.34. The zero-order valence-corrected chi connectivity index (χ0v) is 12.1. The predicted octanol–water partition coefficient (Wildman–Crippen LogP) is 3.52. The molecule has 2 aromatic heterocycles. The van der Waals surface area contributed by atoms with Gasteiger partial charge in [-0.25, -0.2) is 4.98 Å². The van der Waals surface area contributed by atoms with Gasteiger partial charge in [-0.2, -0.15) is 0 Å². The second-order valence-corrected chi connectivity index (χ2v) is 5.42. The van der Waals surface area contributed by atoms with E-state index in [0.29, 0.717) is 17.7 Å². The summed E-state index contributed by atoms with van der Waals surface area (Å²) in [5.41, 5.74) is 4.43. The minimum atomic E-state index is -0.393. The van der Waals surface area contributed by atoms with Crippen molar-refractivity contribution in [2.24, 2.45) is 0 Å². The lowest BCUT2D eigenvalue weighted by atomic mass is 10.2. The van der Waals surface area contributed by atoms with E-state index < -0.39 is 4.92 Å². The molecule has 2 heterocycles. The molecule has 0 radical (unpaired) electrons. The number of nitrogens with zero attached hydrogens (tertiary/aromatic N) is 3. The first-order chi connectivity index (χ1) is 10.2. The Morgan fingerprint density at radius 1 is 1.33 bits per heavy atom. The maximum atomic E-state index is 11.3. The molecule has 6 nitrogen and oxygen atoms in total. The number of fused-ring (bicyclic) bond motifs is 1. The lowest BCUT2D eigenvalue weighted by Crippen LogP contribution is -2.05. The molecule has 3 rings (SSSR count). The summed E-state index contributed by atoms with van der Waals surface area (Å²) in [6.07, 6.45) is 1.71. The van der Waals surface area contributed by atoms with Gasteiger partial charge >= 0.3 is 5.69 Å². The predicted molar refractivity (Wildman–Crippen MR) is 82.6 cm³/mol. The lowest BCUT2D eigenvalue weighted by molar-refractivity contribution is -0.382. The molecular formula is C14H12N4O2S. The smallest absolute Gasteiger partial charge is 0.319 e. The Kier molecular flexibility index (Phi) is 3.49. The van der Waals surface area contributed by atoms with Gasteiger partial charge in [-0.3, -0.25) is 15.1 Å². The van der Waals surface area contributed by atoms with Crippen molar-refractivity contribution in [3.63, 3.8) is 0 Å². The molecule has 0 aliphatic rings. The number of pyridine rings is 1. The molecule has 106 valence electrons. The Bertz CT molecular complexity index is 816. The molecule has 0 amide bonds. The second-order valence-electron chi connectivity index (χ2n) is 4.54. The van der Waals surface area contributed by atoms with Crippen LogP contribution in [0.3, 0.4) is 0 Å². The molecule has 7 heteroatoms. The molecule has 1 aromatic carbocycles. The van der Waals surface area contributed by atoms with Crippen molar-refractivity contribution in [2.75, 3.05) is 5.32 Å². The molecule has 0 saturated heterocycles. The molecule has 0 spiro atoms. The summed E-state index contributed by atoms with van der Waals surface area (Å²) in [7, 11) is 0. The van der Waals surface area contributed by atoms with E-state index in [1.807, 2.05) is 25.1 Å². The van der Waals surface area contributed by atoms with Crippen LogP contribution in [0.15, 0.2) is 36.0 Å². The third kappa shape index (κ3) is 2.55. The number of nitro groups is 1. The number of aromatic nitrogens is 2. The van der Waals surface area contributed by atoms with Crippen LogP contribution >= 0.6 is 11.3 Å². The SMILES string of the molecule is Cc1cccnc1CNc1ccc2scnc2c1[N+](=O)[O-]. The highest BCUT2D eigenvalue weighted by Gasteiger charge is 2.20. The van der Waals surface area contributed by atoms with Gasteiger partial charge in [0, 0.05) is 6.20 Å². The maximum Gasteiger partial charge on any atom is 0.319 e. The minimum absolute atomic E-state index is 0.0161. The Labute approximate surface area is 124 Å². The summed E-state index contributed by atoms with van der Waals surface area (Å²) in [4.78, 5) is 19.3. The van der Waals surface area contributed by atoms with E-state index in [4.69, 9.17) is 0 Å². The van der Waals surface area contributed by atoms with E-state index in [0.717, 1.165) is 16.0 Å². The van der Waals surface area contributed by atoms with E-state index in [1.54, 1.807) is 17.8 Å². The van der Waals surface area contributed by atoms with Crippen molar-refractivity contribution in [1.82, 2.24) is 9.97 Å². The molecule has 0 bridgehead atoms. The molecule has 0 aliphatic carbocycles. The van der Waals surface area contributed by atoms with E-state index in [1.165, 1.54) is 11.3 Å². The highest BCUT2D eigenvalue weighted by molar-refractivity contribution is 7.16. The average Bonchev–Trinajstić information content (AvgIpc) is 2.93. The van der Waals surface area contributed by atoms with Crippen molar-refractivity contribution >= 4 is 32.9 Å². The van der Waals surface area contributed by atoms with Crippen LogP contribution in [0.5, 0.6) is 0 Å². The van der Waals surface area contributed by atoms with Gasteiger partial charge in [0.25, 0.3) is 0 Å². The van der Waals surface area contributed by atoms with E-state index in [9.17, 15) is 10.1 Å². The molecule has 1 N–H and O–H groups in total. The Hall–Kier alpha value is -2.54. The number of anilines is 1. The number of nitro benzene ring substituents is 1. The minimum Gasteiger partial charge on any atom is -0.374 e. The third-order valence-electron chi connectivity index (χ3n) is 3.22. The third-order valence-corrected chi connectivity index (χ3v) is 4.02. The summed E-state index contributed by atoms with van der Waals surface area (Å²) in [5, 5.41) is 14.4. The number of hydrogen-bond donors (Lipinski definition) is 1. The molecule has 0 atom stereocenters.